The van der Waals surface area contributed by atoms with Gasteiger partial charge in [-0.2, -0.15) is 0 Å². The van der Waals surface area contributed by atoms with E-state index in [1.165, 1.54) is 68.4 Å². The number of hydrogen-bond donors (Lipinski definition) is 0. The van der Waals surface area contributed by atoms with Gasteiger partial charge >= 0.3 is 0 Å². The lowest BCUT2D eigenvalue weighted by Gasteiger charge is -2.38. The summed E-state index contributed by atoms with van der Waals surface area (Å²) in [6, 6.07) is 33.4. The van der Waals surface area contributed by atoms with Crippen LogP contribution in [-0.2, 0) is 19.1 Å². The van der Waals surface area contributed by atoms with Crippen LogP contribution in [0.5, 0.6) is 0 Å². The van der Waals surface area contributed by atoms with Gasteiger partial charge in [0.05, 0.1) is 14.2 Å². The molecule has 4 rings (SSSR count). The summed E-state index contributed by atoms with van der Waals surface area (Å²) >= 11 is 0. The van der Waals surface area contributed by atoms with Crippen LogP contribution < -0.4 is 15.9 Å². The lowest BCUT2D eigenvalue weighted by molar-refractivity contribution is -0.121. The van der Waals surface area contributed by atoms with Crippen molar-refractivity contribution in [1.82, 2.24) is 0 Å². The Bertz CT molecular complexity index is 1280. The van der Waals surface area contributed by atoms with E-state index in [1.54, 1.807) is 6.92 Å². The topological polar surface area (TPSA) is 52.6 Å². The highest BCUT2D eigenvalue weighted by atomic mass is 31.2. The molecular formula is C37H44O4P. The van der Waals surface area contributed by atoms with Gasteiger partial charge in [0.15, 0.2) is 0 Å². The Balaban J connectivity index is 1.27. The minimum Gasteiger partial charge on any atom is -0.489 e. The Morgan fingerprint density at radius 3 is 1.33 bits per heavy atom. The molecule has 0 saturated heterocycles. The summed E-state index contributed by atoms with van der Waals surface area (Å²) in [6.07, 6.45) is 10.9. The first-order valence-corrected chi connectivity index (χ1v) is 17.2. The molecule has 0 amide bonds. The average molecular weight is 584 g/mol. The zero-order valence-corrected chi connectivity index (χ0v) is 26.2. The molecule has 4 nitrogen and oxygen atoms in total. The fourth-order valence-corrected chi connectivity index (χ4v) is 10.5. The molecule has 3 aromatic rings. The molecule has 1 aliphatic carbocycles. The van der Waals surface area contributed by atoms with Crippen LogP contribution in [0.15, 0.2) is 114 Å². The van der Waals surface area contributed by atoms with E-state index in [9.17, 15) is 9.59 Å². The highest BCUT2D eigenvalue weighted by Crippen LogP contribution is 2.56. The fraction of sp³-hybridized carbons (Fsp3) is 0.351. The van der Waals surface area contributed by atoms with Gasteiger partial charge in [-0.05, 0) is 55.5 Å². The van der Waals surface area contributed by atoms with E-state index < -0.39 is 7.26 Å². The van der Waals surface area contributed by atoms with Crippen molar-refractivity contribution in [2.45, 2.75) is 64.7 Å². The Labute approximate surface area is 252 Å². The minimum absolute atomic E-state index is 0.0134. The van der Waals surface area contributed by atoms with Crippen molar-refractivity contribution in [2.24, 2.45) is 0 Å². The van der Waals surface area contributed by atoms with Gasteiger partial charge in [-0.15, -0.1) is 0 Å². The number of carbonyl (C=O) groups excluding carboxylic acids is 2. The van der Waals surface area contributed by atoms with Gasteiger partial charge in [0.1, 0.15) is 0 Å². The van der Waals surface area contributed by atoms with Crippen molar-refractivity contribution in [2.75, 3.05) is 20.4 Å². The molecule has 221 valence electrons. The molecule has 3 aromatic carbocycles. The zero-order chi connectivity index (χ0) is 29.8. The molecule has 1 radical (unpaired) electrons. The van der Waals surface area contributed by atoms with Crippen molar-refractivity contribution in [3.05, 3.63) is 114 Å². The molecule has 0 heterocycles. The lowest BCUT2D eigenvalue weighted by atomic mass is 9.89. The van der Waals surface area contributed by atoms with E-state index in [1.807, 2.05) is 0 Å². The highest BCUT2D eigenvalue weighted by molar-refractivity contribution is 7.95. The quantitative estimate of drug-likeness (QED) is 0.0998. The third kappa shape index (κ3) is 7.10. The Hall–Kier alpha value is -3.49. The van der Waals surface area contributed by atoms with Crippen LogP contribution in [0.4, 0.5) is 0 Å². The second-order valence-corrected chi connectivity index (χ2v) is 14.6. The SMILES string of the molecule is COC1=C(OC)C(=O)C(CCCCCCCCCC[P](c2ccccc2)(c2ccccc2)c2ccccc2)=C(C)C1=O. The van der Waals surface area contributed by atoms with Crippen LogP contribution in [0.25, 0.3) is 0 Å². The molecule has 42 heavy (non-hydrogen) atoms. The number of unbranched alkanes of at least 4 members (excludes halogenated alkanes) is 7. The van der Waals surface area contributed by atoms with Crippen molar-refractivity contribution >= 4 is 34.7 Å². The highest BCUT2D eigenvalue weighted by Gasteiger charge is 2.35. The van der Waals surface area contributed by atoms with Crippen molar-refractivity contribution < 1.29 is 19.1 Å². The number of methoxy groups -OCH3 is 2. The average Bonchev–Trinajstić information content (AvgIpc) is 3.04. The summed E-state index contributed by atoms with van der Waals surface area (Å²) in [5.74, 6) is -0.421. The predicted octanol–water partition coefficient (Wildman–Crippen LogP) is 7.46. The molecular weight excluding hydrogens is 539 g/mol. The number of ether oxygens (including phenoxy) is 2. The smallest absolute Gasteiger partial charge is 0.228 e. The normalized spacial score (nSPS) is 14.0. The van der Waals surface area contributed by atoms with Crippen LogP contribution in [0, 0.1) is 0 Å². The molecule has 1 aliphatic rings. The number of rotatable bonds is 16. The molecule has 0 bridgehead atoms. The van der Waals surface area contributed by atoms with Crippen LogP contribution >= 0.6 is 7.26 Å². The van der Waals surface area contributed by atoms with E-state index >= 15 is 0 Å². The Morgan fingerprint density at radius 1 is 0.524 bits per heavy atom. The minimum atomic E-state index is -1.74. The Morgan fingerprint density at radius 2 is 0.905 bits per heavy atom. The van der Waals surface area contributed by atoms with E-state index in [0.717, 1.165) is 19.3 Å². The third-order valence-corrected chi connectivity index (χ3v) is 12.9. The lowest BCUT2D eigenvalue weighted by Crippen LogP contribution is -2.33. The summed E-state index contributed by atoms with van der Waals surface area (Å²) in [5, 5.41) is 4.37. The molecule has 0 atom stereocenters. The van der Waals surface area contributed by atoms with Crippen LogP contribution in [0.3, 0.4) is 0 Å². The van der Waals surface area contributed by atoms with Gasteiger partial charge < -0.3 is 9.47 Å². The van der Waals surface area contributed by atoms with Gasteiger partial charge in [-0.3, -0.25) is 9.59 Å². The maximum atomic E-state index is 12.8. The molecule has 0 saturated carbocycles. The number of allylic oxidation sites excluding steroid dienone is 2. The van der Waals surface area contributed by atoms with Gasteiger partial charge in [-0.1, -0.05) is 130 Å². The first kappa shape index (κ1) is 31.4. The molecule has 0 aromatic heterocycles. The third-order valence-electron chi connectivity index (χ3n) is 8.36. The molecule has 5 heteroatoms. The van der Waals surface area contributed by atoms with E-state index in [4.69, 9.17) is 9.47 Å². The fourth-order valence-electron chi connectivity index (χ4n) is 6.09. The first-order chi connectivity index (χ1) is 20.5. The molecule has 0 unspecified atom stereocenters. The molecule has 0 spiro atoms. The van der Waals surface area contributed by atoms with Crippen molar-refractivity contribution in [3.63, 3.8) is 0 Å². The number of carbonyl (C=O) groups is 2. The van der Waals surface area contributed by atoms with Gasteiger partial charge in [-0.25, -0.2) is 0 Å². The summed E-state index contributed by atoms with van der Waals surface area (Å²) in [4.78, 5) is 25.4. The maximum Gasteiger partial charge on any atom is 0.228 e. The maximum absolute atomic E-state index is 12.8. The Kier molecular flexibility index (Phi) is 11.7. The predicted molar refractivity (Wildman–Crippen MR) is 175 cm³/mol. The van der Waals surface area contributed by atoms with Gasteiger partial charge in [0.2, 0.25) is 23.1 Å². The summed E-state index contributed by atoms with van der Waals surface area (Å²) in [6.45, 7) is 1.71. The molecule has 0 aliphatic heterocycles. The first-order valence-electron chi connectivity index (χ1n) is 15.2. The standard InChI is InChI=1S/C37H44O4P/c1-29-33(35(39)37(41-3)36(40-2)34(29)38)27-19-8-6-4-5-7-9-20-28-42(30-21-13-10-14-22-30,31-23-15-11-16-24-31)32-25-17-12-18-26-32/h10-18,21-26H,4-9,19-20,27-28H2,1-3H3. The van der Waals surface area contributed by atoms with E-state index in [-0.39, 0.29) is 23.1 Å². The largest absolute Gasteiger partial charge is 0.489 e. The zero-order valence-electron chi connectivity index (χ0n) is 25.3. The van der Waals surface area contributed by atoms with Crippen LogP contribution in [0.1, 0.15) is 64.7 Å². The monoisotopic (exact) mass is 583 g/mol. The number of hydrogen-bond acceptors (Lipinski definition) is 4. The summed E-state index contributed by atoms with van der Waals surface area (Å²) in [5.41, 5.74) is 1.05. The van der Waals surface area contributed by atoms with Gasteiger partial charge in [0, 0.05) is 11.1 Å². The van der Waals surface area contributed by atoms with Crippen molar-refractivity contribution in [1.29, 1.82) is 0 Å². The number of ketones is 2. The van der Waals surface area contributed by atoms with Crippen molar-refractivity contribution in [3.8, 4) is 0 Å². The summed E-state index contributed by atoms with van der Waals surface area (Å²) < 4.78 is 10.3. The second-order valence-electron chi connectivity index (χ2n) is 10.9. The molecule has 0 fully saturated rings. The van der Waals surface area contributed by atoms with E-state index in [0.29, 0.717) is 17.6 Å². The number of benzene rings is 3. The number of Topliss-reactive ketones (excluding diaryl/α,β-unsaturated/α-hetero) is 2. The second kappa shape index (κ2) is 15.7. The van der Waals surface area contributed by atoms with Gasteiger partial charge in [0.25, 0.3) is 0 Å². The molecule has 0 N–H and O–H groups in total. The van der Waals surface area contributed by atoms with Crippen LogP contribution in [0.2, 0.25) is 0 Å². The van der Waals surface area contributed by atoms with E-state index in [2.05, 4.69) is 91.0 Å². The summed E-state index contributed by atoms with van der Waals surface area (Å²) in [7, 11) is 1.06. The van der Waals surface area contributed by atoms with Crippen LogP contribution in [-0.4, -0.2) is 31.9 Å².